The average molecular weight is 340 g/mol. The maximum Gasteiger partial charge on any atom is 0.180 e. The van der Waals surface area contributed by atoms with E-state index < -0.39 is 9.84 Å². The van der Waals surface area contributed by atoms with Crippen LogP contribution in [0.1, 0.15) is 11.5 Å². The predicted molar refractivity (Wildman–Crippen MR) is 87.8 cm³/mol. The zero-order valence-electron chi connectivity index (χ0n) is 11.1. The summed E-state index contributed by atoms with van der Waals surface area (Å²) in [5, 5.41) is 0.189. The van der Waals surface area contributed by atoms with Crippen molar-refractivity contribution in [2.24, 2.45) is 0 Å². The molecule has 1 aliphatic heterocycles. The van der Waals surface area contributed by atoms with Crippen molar-refractivity contribution < 1.29 is 8.42 Å². The minimum atomic E-state index is -3.43. The van der Waals surface area contributed by atoms with Gasteiger partial charge in [0.15, 0.2) is 9.84 Å². The third kappa shape index (κ3) is 2.91. The lowest BCUT2D eigenvalue weighted by Gasteiger charge is -2.12. The summed E-state index contributed by atoms with van der Waals surface area (Å²) in [6, 6.07) is 12.5. The Labute approximate surface area is 133 Å². The van der Waals surface area contributed by atoms with Crippen molar-refractivity contribution in [2.45, 2.75) is 15.7 Å². The van der Waals surface area contributed by atoms with Crippen LogP contribution in [0.3, 0.4) is 0 Å². The summed E-state index contributed by atoms with van der Waals surface area (Å²) in [5.41, 5.74) is 7.18. The normalized spacial score (nSPS) is 17.7. The molecule has 6 heteroatoms. The predicted octanol–water partition coefficient (Wildman–Crippen LogP) is 3.59. The van der Waals surface area contributed by atoms with Crippen LogP contribution in [0.15, 0.2) is 52.3 Å². The van der Waals surface area contributed by atoms with Gasteiger partial charge in [0.25, 0.3) is 0 Å². The molecule has 0 saturated carbocycles. The molecule has 1 atom stereocenters. The van der Waals surface area contributed by atoms with Crippen LogP contribution in [0, 0.1) is 0 Å². The quantitative estimate of drug-likeness (QED) is 0.868. The number of benzene rings is 2. The Morgan fingerprint density at radius 2 is 2.00 bits per heavy atom. The van der Waals surface area contributed by atoms with Gasteiger partial charge in [-0.3, -0.25) is 0 Å². The first-order valence-corrected chi connectivity index (χ1v) is 9.48. The first-order chi connectivity index (χ1) is 9.97. The maximum absolute atomic E-state index is 12.6. The molecular formula is C15H14ClNO2S2. The van der Waals surface area contributed by atoms with Crippen molar-refractivity contribution in [1.29, 1.82) is 0 Å². The summed E-state index contributed by atoms with van der Waals surface area (Å²) >= 11 is 7.74. The molecule has 21 heavy (non-hydrogen) atoms. The Balaban J connectivity index is 1.91. The fraction of sp³-hybridized carbons (Fsp3) is 0.200. The summed E-state index contributed by atoms with van der Waals surface area (Å²) in [7, 11) is -3.43. The largest absolute Gasteiger partial charge is 0.399 e. The molecule has 0 fully saturated rings. The second-order valence-corrected chi connectivity index (χ2v) is 8.49. The SMILES string of the molecule is Nc1ccc(S(=O)(=O)CC2CSc3ccccc32)c(Cl)c1. The Kier molecular flexibility index (Phi) is 3.90. The second-order valence-electron chi connectivity index (χ2n) is 5.02. The lowest BCUT2D eigenvalue weighted by Crippen LogP contribution is -2.15. The lowest BCUT2D eigenvalue weighted by atomic mass is 10.0. The molecule has 0 spiro atoms. The van der Waals surface area contributed by atoms with Crippen LogP contribution in [-0.4, -0.2) is 19.9 Å². The van der Waals surface area contributed by atoms with E-state index >= 15 is 0 Å². The molecule has 0 saturated heterocycles. The molecule has 1 aliphatic rings. The molecule has 2 aromatic rings. The second kappa shape index (κ2) is 5.55. The van der Waals surface area contributed by atoms with Crippen molar-refractivity contribution in [3.05, 3.63) is 53.1 Å². The fourth-order valence-electron chi connectivity index (χ4n) is 2.49. The van der Waals surface area contributed by atoms with Gasteiger partial charge >= 0.3 is 0 Å². The first kappa shape index (κ1) is 14.8. The molecule has 3 rings (SSSR count). The van der Waals surface area contributed by atoms with E-state index in [1.54, 1.807) is 17.8 Å². The van der Waals surface area contributed by atoms with Crippen LogP contribution in [0.5, 0.6) is 0 Å². The molecule has 3 nitrogen and oxygen atoms in total. The molecular weight excluding hydrogens is 326 g/mol. The minimum Gasteiger partial charge on any atom is -0.399 e. The number of fused-ring (bicyclic) bond motifs is 1. The third-order valence-electron chi connectivity index (χ3n) is 3.51. The van der Waals surface area contributed by atoms with Crippen molar-refractivity contribution in [1.82, 2.24) is 0 Å². The molecule has 0 amide bonds. The first-order valence-electron chi connectivity index (χ1n) is 6.47. The van der Waals surface area contributed by atoms with Crippen LogP contribution in [0.25, 0.3) is 0 Å². The van der Waals surface area contributed by atoms with Gasteiger partial charge in [0.2, 0.25) is 0 Å². The van der Waals surface area contributed by atoms with Gasteiger partial charge < -0.3 is 5.73 Å². The van der Waals surface area contributed by atoms with Gasteiger partial charge in [-0.1, -0.05) is 29.8 Å². The van der Waals surface area contributed by atoms with Crippen molar-refractivity contribution in [3.8, 4) is 0 Å². The summed E-state index contributed by atoms with van der Waals surface area (Å²) in [6.45, 7) is 0. The van der Waals surface area contributed by atoms with E-state index in [2.05, 4.69) is 0 Å². The molecule has 0 radical (unpaired) electrons. The number of rotatable bonds is 3. The maximum atomic E-state index is 12.6. The molecule has 1 heterocycles. The Morgan fingerprint density at radius 1 is 1.24 bits per heavy atom. The number of nitrogen functional groups attached to an aromatic ring is 1. The zero-order chi connectivity index (χ0) is 15.0. The lowest BCUT2D eigenvalue weighted by molar-refractivity contribution is 0.591. The Bertz CT molecular complexity index is 790. The molecule has 0 bridgehead atoms. The van der Waals surface area contributed by atoms with Gasteiger partial charge in [-0.05, 0) is 29.8 Å². The Hall–Kier alpha value is -1.17. The molecule has 0 aliphatic carbocycles. The van der Waals surface area contributed by atoms with Crippen LogP contribution < -0.4 is 5.73 Å². The van der Waals surface area contributed by atoms with E-state index in [1.807, 2.05) is 24.3 Å². The van der Waals surface area contributed by atoms with E-state index in [0.29, 0.717) is 5.69 Å². The number of anilines is 1. The van der Waals surface area contributed by atoms with E-state index in [9.17, 15) is 8.42 Å². The third-order valence-corrected chi connectivity index (χ3v) is 7.05. The summed E-state index contributed by atoms with van der Waals surface area (Å²) in [4.78, 5) is 1.33. The van der Waals surface area contributed by atoms with Gasteiger partial charge in [-0.2, -0.15) is 0 Å². The monoisotopic (exact) mass is 339 g/mol. The van der Waals surface area contributed by atoms with Gasteiger partial charge in [0, 0.05) is 22.3 Å². The average Bonchev–Trinajstić information content (AvgIpc) is 2.81. The van der Waals surface area contributed by atoms with Crippen molar-refractivity contribution >= 4 is 38.9 Å². The highest BCUT2D eigenvalue weighted by molar-refractivity contribution is 7.99. The number of sulfone groups is 1. The van der Waals surface area contributed by atoms with Crippen LogP contribution >= 0.6 is 23.4 Å². The highest BCUT2D eigenvalue weighted by Crippen LogP contribution is 2.41. The van der Waals surface area contributed by atoms with E-state index in [-0.39, 0.29) is 21.6 Å². The summed E-state index contributed by atoms with van der Waals surface area (Å²) in [5.74, 6) is 0.857. The zero-order valence-corrected chi connectivity index (χ0v) is 13.5. The van der Waals surface area contributed by atoms with Gasteiger partial charge in [0.1, 0.15) is 0 Å². The smallest absolute Gasteiger partial charge is 0.180 e. The highest BCUT2D eigenvalue weighted by Gasteiger charge is 2.29. The number of nitrogens with two attached hydrogens (primary N) is 1. The molecule has 2 N–H and O–H groups in total. The fourth-order valence-corrected chi connectivity index (χ4v) is 6.07. The van der Waals surface area contributed by atoms with Crippen LogP contribution in [0.2, 0.25) is 5.02 Å². The molecule has 0 aromatic heterocycles. The van der Waals surface area contributed by atoms with E-state index in [0.717, 1.165) is 11.3 Å². The molecule has 110 valence electrons. The molecule has 2 aromatic carbocycles. The van der Waals surface area contributed by atoms with Crippen molar-refractivity contribution in [2.75, 3.05) is 17.2 Å². The van der Waals surface area contributed by atoms with Crippen molar-refractivity contribution in [3.63, 3.8) is 0 Å². The highest BCUT2D eigenvalue weighted by atomic mass is 35.5. The standard InChI is InChI=1S/C15H14ClNO2S2/c16-13-7-11(17)5-6-15(13)21(18,19)9-10-8-20-14-4-2-1-3-12(10)14/h1-7,10H,8-9,17H2. The minimum absolute atomic E-state index is 0.00446. The van der Waals surface area contributed by atoms with Gasteiger partial charge in [-0.25, -0.2) is 8.42 Å². The summed E-state index contributed by atoms with van der Waals surface area (Å²) in [6.07, 6.45) is 0. The topological polar surface area (TPSA) is 60.2 Å². The number of thioether (sulfide) groups is 1. The van der Waals surface area contributed by atoms with E-state index in [4.69, 9.17) is 17.3 Å². The summed E-state index contributed by atoms with van der Waals surface area (Å²) < 4.78 is 25.2. The van der Waals surface area contributed by atoms with Gasteiger partial charge in [-0.15, -0.1) is 11.8 Å². The molecule has 1 unspecified atom stereocenters. The number of hydrogen-bond donors (Lipinski definition) is 1. The van der Waals surface area contributed by atoms with Crippen LogP contribution in [-0.2, 0) is 9.84 Å². The Morgan fingerprint density at radius 3 is 2.76 bits per heavy atom. The number of hydrogen-bond acceptors (Lipinski definition) is 4. The number of halogens is 1. The van der Waals surface area contributed by atoms with Crippen LogP contribution in [0.4, 0.5) is 5.69 Å². The van der Waals surface area contributed by atoms with E-state index in [1.165, 1.54) is 17.0 Å². The van der Waals surface area contributed by atoms with Gasteiger partial charge in [0.05, 0.1) is 15.7 Å².